The Kier molecular flexibility index (Phi) is 3.56. The molecule has 0 saturated carbocycles. The van der Waals surface area contributed by atoms with Crippen molar-refractivity contribution in [2.24, 2.45) is 0 Å². The summed E-state index contributed by atoms with van der Waals surface area (Å²) in [6.45, 7) is 0. The van der Waals surface area contributed by atoms with Gasteiger partial charge < -0.3 is 10.5 Å². The molecule has 114 valence electrons. The van der Waals surface area contributed by atoms with Gasteiger partial charge in [-0.2, -0.15) is 31.3 Å². The predicted octanol–water partition coefficient (Wildman–Crippen LogP) is 3.08. The summed E-state index contributed by atoms with van der Waals surface area (Å²) in [5, 5.41) is -0.106. The van der Waals surface area contributed by atoms with Crippen molar-refractivity contribution in [3.63, 3.8) is 0 Å². The molecule has 2 N–H and O–H groups in total. The molecule has 1 aromatic heterocycles. The van der Waals surface area contributed by atoms with Crippen LogP contribution in [-0.2, 0) is 0 Å². The normalized spacial score (nSPS) is 12.9. The Hall–Kier alpha value is -2.26. The van der Waals surface area contributed by atoms with E-state index in [1.54, 1.807) is 0 Å². The molecule has 21 heavy (non-hydrogen) atoms. The first kappa shape index (κ1) is 15.1. The molecule has 1 heterocycles. The molecular formula is C11H7F6N3O. The molecule has 4 nitrogen and oxygen atoms in total. The number of para-hydroxylation sites is 1. The zero-order chi connectivity index (χ0) is 15.8. The van der Waals surface area contributed by atoms with Gasteiger partial charge >= 0.3 is 12.4 Å². The second-order valence-electron chi connectivity index (χ2n) is 3.99. The minimum atomic E-state index is -5.64. The lowest BCUT2D eigenvalue weighted by Gasteiger charge is -2.23. The van der Waals surface area contributed by atoms with Crippen LogP contribution in [0.1, 0.15) is 0 Å². The fourth-order valence-electron chi connectivity index (χ4n) is 1.59. The fourth-order valence-corrected chi connectivity index (χ4v) is 1.59. The molecule has 0 atom stereocenters. The Bertz CT molecular complexity index is 640. The van der Waals surface area contributed by atoms with Gasteiger partial charge in [-0.1, -0.05) is 12.1 Å². The number of alkyl halides is 6. The molecule has 0 radical (unpaired) electrons. The number of fused-ring (bicyclic) bond motifs is 1. The minimum absolute atomic E-state index is 0.0723. The topological polar surface area (TPSA) is 61.0 Å². The number of hydrogen-bond acceptors (Lipinski definition) is 4. The van der Waals surface area contributed by atoms with E-state index in [2.05, 4.69) is 14.7 Å². The number of ether oxygens (including phenoxy) is 1. The molecule has 2 aromatic rings. The molecule has 0 aliphatic carbocycles. The highest BCUT2D eigenvalue weighted by molar-refractivity contribution is 5.84. The second kappa shape index (κ2) is 4.93. The highest BCUT2D eigenvalue weighted by atomic mass is 19.4. The zero-order valence-electron chi connectivity index (χ0n) is 10.0. The first-order valence-electron chi connectivity index (χ1n) is 5.41. The second-order valence-corrected chi connectivity index (χ2v) is 3.99. The Labute approximate surface area is 113 Å². The van der Waals surface area contributed by atoms with E-state index >= 15 is 0 Å². The summed E-state index contributed by atoms with van der Waals surface area (Å²) in [5.74, 6) is -1.37. The summed E-state index contributed by atoms with van der Waals surface area (Å²) in [6.07, 6.45) is -15.3. The van der Waals surface area contributed by atoms with Crippen molar-refractivity contribution in [1.29, 1.82) is 0 Å². The third-order valence-electron chi connectivity index (χ3n) is 2.41. The lowest BCUT2D eigenvalue weighted by molar-refractivity contribution is -0.300. The van der Waals surface area contributed by atoms with Crippen molar-refractivity contribution in [2.75, 3.05) is 5.73 Å². The number of nitrogens with two attached hydrogens (primary N) is 1. The van der Waals surface area contributed by atoms with Crippen molar-refractivity contribution < 1.29 is 31.1 Å². The van der Waals surface area contributed by atoms with Crippen molar-refractivity contribution in [3.05, 3.63) is 24.3 Å². The quantitative estimate of drug-likeness (QED) is 0.866. The van der Waals surface area contributed by atoms with E-state index in [-0.39, 0.29) is 10.9 Å². The van der Waals surface area contributed by atoms with Crippen LogP contribution >= 0.6 is 0 Å². The molecule has 0 aliphatic heterocycles. The van der Waals surface area contributed by atoms with Gasteiger partial charge in [-0.3, -0.25) is 0 Å². The van der Waals surface area contributed by atoms with Gasteiger partial charge in [0.05, 0.1) is 10.9 Å². The van der Waals surface area contributed by atoms with Gasteiger partial charge in [-0.05, 0) is 12.1 Å². The van der Waals surface area contributed by atoms with Crippen LogP contribution in [0.3, 0.4) is 0 Å². The summed E-state index contributed by atoms with van der Waals surface area (Å²) in [4.78, 5) is 7.00. The molecule has 0 saturated heterocycles. The largest absolute Gasteiger partial charge is 0.454 e. The molecule has 0 unspecified atom stereocenters. The van der Waals surface area contributed by atoms with Gasteiger partial charge in [-0.15, -0.1) is 0 Å². The standard InChI is InChI=1S/C11H7F6N3O/c12-10(13,14)8(11(15,16)17)21-7-5-3-1-2-4-6(5)19-9(18)20-7/h1-4,8H,(H2,18,19,20). The van der Waals surface area contributed by atoms with E-state index in [0.29, 0.717) is 0 Å². The smallest absolute Gasteiger partial charge is 0.434 e. The lowest BCUT2D eigenvalue weighted by Crippen LogP contribution is -2.46. The van der Waals surface area contributed by atoms with E-state index < -0.39 is 30.3 Å². The number of nitrogen functional groups attached to an aromatic ring is 1. The number of anilines is 1. The Morgan fingerprint density at radius 1 is 0.952 bits per heavy atom. The maximum Gasteiger partial charge on any atom is 0.434 e. The Balaban J connectivity index is 2.51. The number of halogens is 6. The monoisotopic (exact) mass is 311 g/mol. The first-order valence-corrected chi connectivity index (χ1v) is 5.41. The van der Waals surface area contributed by atoms with Crippen molar-refractivity contribution >= 4 is 16.9 Å². The van der Waals surface area contributed by atoms with Crippen molar-refractivity contribution in [2.45, 2.75) is 18.5 Å². The summed E-state index contributed by atoms with van der Waals surface area (Å²) in [7, 11) is 0. The number of hydrogen-bond donors (Lipinski definition) is 1. The third-order valence-corrected chi connectivity index (χ3v) is 2.41. The molecule has 1 aromatic carbocycles. The molecule has 0 spiro atoms. The molecular weight excluding hydrogens is 304 g/mol. The Morgan fingerprint density at radius 3 is 2.10 bits per heavy atom. The predicted molar refractivity (Wildman–Crippen MR) is 60.5 cm³/mol. The van der Waals surface area contributed by atoms with Gasteiger partial charge in [-0.25, -0.2) is 4.98 Å². The van der Waals surface area contributed by atoms with Crippen LogP contribution in [0.2, 0.25) is 0 Å². The molecule has 0 fully saturated rings. The van der Waals surface area contributed by atoms with E-state index in [0.717, 1.165) is 0 Å². The Morgan fingerprint density at radius 2 is 1.52 bits per heavy atom. The van der Waals surface area contributed by atoms with Gasteiger partial charge in [0, 0.05) is 0 Å². The van der Waals surface area contributed by atoms with Crippen LogP contribution in [0.15, 0.2) is 24.3 Å². The van der Waals surface area contributed by atoms with Crippen LogP contribution in [0.25, 0.3) is 10.9 Å². The van der Waals surface area contributed by atoms with Gasteiger partial charge in [0.1, 0.15) is 0 Å². The zero-order valence-corrected chi connectivity index (χ0v) is 10.0. The summed E-state index contributed by atoms with van der Waals surface area (Å²) >= 11 is 0. The maximum atomic E-state index is 12.5. The van der Waals surface area contributed by atoms with Crippen LogP contribution in [0, 0.1) is 0 Å². The van der Waals surface area contributed by atoms with E-state index in [1.807, 2.05) is 0 Å². The summed E-state index contributed by atoms with van der Waals surface area (Å²) < 4.78 is 79.0. The SMILES string of the molecule is Nc1nc(OC(C(F)(F)F)C(F)(F)F)c2ccccc2n1. The fraction of sp³-hybridized carbons (Fsp3) is 0.273. The molecule has 0 aliphatic rings. The molecule has 0 bridgehead atoms. The average Bonchev–Trinajstić information content (AvgIpc) is 2.32. The van der Waals surface area contributed by atoms with Crippen LogP contribution in [-0.4, -0.2) is 28.4 Å². The number of rotatable bonds is 2. The van der Waals surface area contributed by atoms with Crippen LogP contribution in [0.5, 0.6) is 5.88 Å². The third kappa shape index (κ3) is 3.26. The highest BCUT2D eigenvalue weighted by Crippen LogP contribution is 2.37. The van der Waals surface area contributed by atoms with E-state index in [1.165, 1.54) is 24.3 Å². The van der Waals surface area contributed by atoms with Gasteiger partial charge in [0.15, 0.2) is 0 Å². The number of nitrogens with zero attached hydrogens (tertiary/aromatic N) is 2. The summed E-state index contributed by atoms with van der Waals surface area (Å²) in [6, 6.07) is 5.47. The van der Waals surface area contributed by atoms with Crippen molar-refractivity contribution in [3.8, 4) is 5.88 Å². The first-order chi connectivity index (χ1) is 9.59. The molecule has 2 rings (SSSR count). The van der Waals surface area contributed by atoms with E-state index in [4.69, 9.17) is 5.73 Å². The average molecular weight is 311 g/mol. The highest BCUT2D eigenvalue weighted by Gasteiger charge is 2.59. The lowest BCUT2D eigenvalue weighted by atomic mass is 10.2. The number of aromatic nitrogens is 2. The molecule has 10 heteroatoms. The van der Waals surface area contributed by atoms with Crippen LogP contribution in [0.4, 0.5) is 32.3 Å². The van der Waals surface area contributed by atoms with Gasteiger partial charge in [0.25, 0.3) is 6.10 Å². The molecule has 0 amide bonds. The van der Waals surface area contributed by atoms with E-state index in [9.17, 15) is 26.3 Å². The summed E-state index contributed by atoms with van der Waals surface area (Å²) in [5.41, 5.74) is 5.33. The van der Waals surface area contributed by atoms with Crippen molar-refractivity contribution in [1.82, 2.24) is 9.97 Å². The minimum Gasteiger partial charge on any atom is -0.454 e. The number of benzene rings is 1. The maximum absolute atomic E-state index is 12.5. The van der Waals surface area contributed by atoms with Gasteiger partial charge in [0.2, 0.25) is 11.8 Å². The van der Waals surface area contributed by atoms with Crippen LogP contribution < -0.4 is 10.5 Å².